The van der Waals surface area contributed by atoms with Crippen LogP contribution in [0.4, 0.5) is 0 Å². The van der Waals surface area contributed by atoms with Gasteiger partial charge in [0.05, 0.1) is 18.9 Å². The fraction of sp³-hybridized carbons (Fsp3) is 0.429. The van der Waals surface area contributed by atoms with E-state index < -0.39 is 0 Å². The summed E-state index contributed by atoms with van der Waals surface area (Å²) in [6, 6.07) is 0. The van der Waals surface area contributed by atoms with Crippen LogP contribution < -0.4 is 5.32 Å². The molecule has 1 aliphatic rings. The maximum Gasteiger partial charge on any atom is 0.244 e. The van der Waals surface area contributed by atoms with Crippen molar-refractivity contribution in [3.8, 4) is 0 Å². The molecule has 6 nitrogen and oxygen atoms in total. The zero-order valence-corrected chi connectivity index (χ0v) is 13.6. The molecule has 2 aromatic rings. The molecular weight excluding hydrogens is 324 g/mol. The van der Waals surface area contributed by atoms with Crippen molar-refractivity contribution in [1.29, 1.82) is 0 Å². The van der Waals surface area contributed by atoms with Gasteiger partial charge in [0, 0.05) is 43.8 Å². The van der Waals surface area contributed by atoms with Crippen LogP contribution >= 0.6 is 22.9 Å². The largest absolute Gasteiger partial charge is 0.379 e. The van der Waals surface area contributed by atoms with Crippen LogP contribution in [0.3, 0.4) is 0 Å². The first-order valence-electron chi connectivity index (χ1n) is 7.11. The Balaban J connectivity index is 1.50. The minimum atomic E-state index is -0.130. The smallest absolute Gasteiger partial charge is 0.244 e. The van der Waals surface area contributed by atoms with Gasteiger partial charge in [-0.1, -0.05) is 11.6 Å². The van der Waals surface area contributed by atoms with E-state index in [1.807, 2.05) is 16.0 Å². The number of imidazole rings is 1. The summed E-state index contributed by atoms with van der Waals surface area (Å²) in [5, 5.41) is 5.21. The van der Waals surface area contributed by atoms with Crippen molar-refractivity contribution < 1.29 is 9.53 Å². The van der Waals surface area contributed by atoms with E-state index in [-0.39, 0.29) is 5.91 Å². The van der Waals surface area contributed by atoms with Gasteiger partial charge in [0.25, 0.3) is 0 Å². The van der Waals surface area contributed by atoms with Gasteiger partial charge in [-0.25, -0.2) is 4.98 Å². The van der Waals surface area contributed by atoms with Crippen molar-refractivity contribution >= 4 is 39.9 Å². The number of nitrogens with one attached hydrogen (secondary N) is 1. The van der Waals surface area contributed by atoms with Gasteiger partial charge in [-0.15, -0.1) is 11.3 Å². The average molecular weight is 341 g/mol. The summed E-state index contributed by atoms with van der Waals surface area (Å²) in [7, 11) is 0. The van der Waals surface area contributed by atoms with Gasteiger partial charge in [0.15, 0.2) is 10.1 Å². The molecule has 0 radical (unpaired) electrons. The summed E-state index contributed by atoms with van der Waals surface area (Å²) in [6.45, 7) is 4.84. The van der Waals surface area contributed by atoms with Gasteiger partial charge in [-0.2, -0.15) is 0 Å². The van der Waals surface area contributed by atoms with E-state index in [4.69, 9.17) is 16.3 Å². The van der Waals surface area contributed by atoms with Crippen molar-refractivity contribution in [3.63, 3.8) is 0 Å². The Morgan fingerprint density at radius 1 is 1.50 bits per heavy atom. The molecule has 0 atom stereocenters. The highest BCUT2D eigenvalue weighted by molar-refractivity contribution is 7.15. The number of aromatic nitrogens is 2. The van der Waals surface area contributed by atoms with Gasteiger partial charge in [-0.3, -0.25) is 14.1 Å². The third-order valence-corrected chi connectivity index (χ3v) is 4.51. The lowest BCUT2D eigenvalue weighted by Crippen LogP contribution is -2.41. The maximum atomic E-state index is 11.9. The molecule has 3 rings (SSSR count). The lowest BCUT2D eigenvalue weighted by Gasteiger charge is -2.26. The number of amides is 1. The highest BCUT2D eigenvalue weighted by atomic mass is 35.5. The molecule has 1 saturated heterocycles. The fourth-order valence-electron chi connectivity index (χ4n) is 2.30. The molecule has 1 fully saturated rings. The summed E-state index contributed by atoms with van der Waals surface area (Å²) in [4.78, 5) is 19.2. The molecule has 1 amide bonds. The number of hydrogen-bond donors (Lipinski definition) is 1. The Labute approximate surface area is 137 Å². The molecule has 1 N–H and O–H groups in total. The Morgan fingerprint density at radius 2 is 2.32 bits per heavy atom. The zero-order valence-electron chi connectivity index (χ0n) is 12.0. The first kappa shape index (κ1) is 15.5. The number of nitrogens with zero attached hydrogens (tertiary/aromatic N) is 3. The summed E-state index contributed by atoms with van der Waals surface area (Å²) in [5.41, 5.74) is 0.723. The van der Waals surface area contributed by atoms with Crippen LogP contribution in [0.5, 0.6) is 0 Å². The van der Waals surface area contributed by atoms with Crippen molar-refractivity contribution in [1.82, 2.24) is 19.6 Å². The number of rotatable bonds is 5. The molecule has 3 heterocycles. The Hall–Kier alpha value is -1.41. The molecule has 118 valence electrons. The van der Waals surface area contributed by atoms with Gasteiger partial charge >= 0.3 is 0 Å². The standard InChI is InChI=1S/C14H17ClN4O2S/c15-13-11(19-7-10-22-14(19)17-13)1-2-12(20)16-3-4-18-5-8-21-9-6-18/h1-2,7,10H,3-6,8-9H2,(H,16,20). The monoisotopic (exact) mass is 340 g/mol. The molecular formula is C14H17ClN4O2S. The van der Waals surface area contributed by atoms with Crippen LogP contribution in [0.25, 0.3) is 11.0 Å². The SMILES string of the molecule is O=C(C=Cc1c(Cl)nc2sccn12)NCCN1CCOCC1. The second kappa shape index (κ2) is 7.23. The number of halogens is 1. The van der Waals surface area contributed by atoms with Crippen LogP contribution in [0, 0.1) is 0 Å². The molecule has 0 aromatic carbocycles. The van der Waals surface area contributed by atoms with Crippen LogP contribution in [0.1, 0.15) is 5.69 Å². The third-order valence-electron chi connectivity index (χ3n) is 3.48. The molecule has 0 bridgehead atoms. The van der Waals surface area contributed by atoms with E-state index in [2.05, 4.69) is 15.2 Å². The normalized spacial score (nSPS) is 16.6. The quantitative estimate of drug-likeness (QED) is 0.838. The molecule has 0 aliphatic carbocycles. The number of carbonyl (C=O) groups is 1. The van der Waals surface area contributed by atoms with Gasteiger partial charge in [0.2, 0.25) is 5.91 Å². The Kier molecular flexibility index (Phi) is 5.09. The zero-order chi connectivity index (χ0) is 15.4. The van der Waals surface area contributed by atoms with E-state index in [9.17, 15) is 4.79 Å². The molecule has 0 saturated carbocycles. The summed E-state index contributed by atoms with van der Waals surface area (Å²) < 4.78 is 7.15. The number of fused-ring (bicyclic) bond motifs is 1. The number of morpholine rings is 1. The van der Waals surface area contributed by atoms with E-state index in [1.54, 1.807) is 6.08 Å². The van der Waals surface area contributed by atoms with Crippen molar-refractivity contribution in [2.24, 2.45) is 0 Å². The predicted molar refractivity (Wildman–Crippen MR) is 87.4 cm³/mol. The van der Waals surface area contributed by atoms with Crippen molar-refractivity contribution in [3.05, 3.63) is 28.5 Å². The molecule has 0 unspecified atom stereocenters. The van der Waals surface area contributed by atoms with E-state index in [1.165, 1.54) is 17.4 Å². The number of carbonyl (C=O) groups excluding carboxylic acids is 1. The highest BCUT2D eigenvalue weighted by Crippen LogP contribution is 2.22. The van der Waals surface area contributed by atoms with E-state index in [0.717, 1.165) is 43.5 Å². The summed E-state index contributed by atoms with van der Waals surface area (Å²) in [6.07, 6.45) is 5.07. The van der Waals surface area contributed by atoms with Crippen LogP contribution in [0.2, 0.25) is 5.15 Å². The first-order chi connectivity index (χ1) is 10.7. The van der Waals surface area contributed by atoms with Gasteiger partial charge in [0.1, 0.15) is 0 Å². The molecule has 22 heavy (non-hydrogen) atoms. The number of thiazole rings is 1. The fourth-order valence-corrected chi connectivity index (χ4v) is 3.31. The second-order valence-electron chi connectivity index (χ2n) is 4.92. The van der Waals surface area contributed by atoms with E-state index in [0.29, 0.717) is 11.7 Å². The van der Waals surface area contributed by atoms with Crippen LogP contribution in [-0.4, -0.2) is 59.6 Å². The maximum absolute atomic E-state index is 11.9. The van der Waals surface area contributed by atoms with Crippen molar-refractivity contribution in [2.45, 2.75) is 0 Å². The molecule has 8 heteroatoms. The van der Waals surface area contributed by atoms with Crippen LogP contribution in [0.15, 0.2) is 17.7 Å². The lowest BCUT2D eigenvalue weighted by molar-refractivity contribution is -0.116. The van der Waals surface area contributed by atoms with Crippen LogP contribution in [-0.2, 0) is 9.53 Å². The Morgan fingerprint density at radius 3 is 3.14 bits per heavy atom. The minimum Gasteiger partial charge on any atom is -0.379 e. The number of hydrogen-bond acceptors (Lipinski definition) is 5. The molecule has 1 aliphatic heterocycles. The number of ether oxygens (including phenoxy) is 1. The summed E-state index contributed by atoms with van der Waals surface area (Å²) >= 11 is 7.58. The highest BCUT2D eigenvalue weighted by Gasteiger charge is 2.10. The molecule has 0 spiro atoms. The Bertz CT molecular complexity index is 675. The predicted octanol–water partition coefficient (Wildman–Crippen LogP) is 1.51. The second-order valence-corrected chi connectivity index (χ2v) is 6.15. The van der Waals surface area contributed by atoms with E-state index >= 15 is 0 Å². The third kappa shape index (κ3) is 3.67. The van der Waals surface area contributed by atoms with Gasteiger partial charge in [-0.05, 0) is 6.08 Å². The topological polar surface area (TPSA) is 58.9 Å². The van der Waals surface area contributed by atoms with Gasteiger partial charge < -0.3 is 10.1 Å². The lowest BCUT2D eigenvalue weighted by atomic mass is 10.3. The minimum absolute atomic E-state index is 0.130. The average Bonchev–Trinajstić information content (AvgIpc) is 3.07. The van der Waals surface area contributed by atoms with Crippen molar-refractivity contribution in [2.75, 3.05) is 39.4 Å². The molecule has 2 aromatic heterocycles. The summed E-state index contributed by atoms with van der Waals surface area (Å²) in [5.74, 6) is -0.130. The first-order valence-corrected chi connectivity index (χ1v) is 8.37.